The van der Waals surface area contributed by atoms with E-state index in [1.54, 1.807) is 12.1 Å². The monoisotopic (exact) mass is 323 g/mol. The molecule has 0 aromatic heterocycles. The van der Waals surface area contributed by atoms with Crippen molar-refractivity contribution in [2.24, 2.45) is 5.92 Å². The lowest BCUT2D eigenvalue weighted by Gasteiger charge is -2.27. The van der Waals surface area contributed by atoms with Crippen LogP contribution in [0.15, 0.2) is 60.7 Å². The molecule has 4 heteroatoms. The lowest BCUT2D eigenvalue weighted by atomic mass is 9.91. The van der Waals surface area contributed by atoms with Crippen molar-refractivity contribution in [1.82, 2.24) is 4.90 Å². The molecular weight excluding hydrogens is 302 g/mol. The number of esters is 1. The van der Waals surface area contributed by atoms with Crippen LogP contribution in [0.1, 0.15) is 31.4 Å². The van der Waals surface area contributed by atoms with Crippen molar-refractivity contribution >= 4 is 11.9 Å². The van der Waals surface area contributed by atoms with Crippen LogP contribution in [0, 0.1) is 5.92 Å². The summed E-state index contributed by atoms with van der Waals surface area (Å²) in [6.45, 7) is 2.61. The van der Waals surface area contributed by atoms with E-state index in [1.807, 2.05) is 60.4 Å². The summed E-state index contributed by atoms with van der Waals surface area (Å²) >= 11 is 0. The number of hydrogen-bond donors (Lipinski definition) is 0. The first kappa shape index (κ1) is 16.2. The van der Waals surface area contributed by atoms with Gasteiger partial charge in [-0.1, -0.05) is 48.5 Å². The fourth-order valence-electron chi connectivity index (χ4n) is 3.40. The van der Waals surface area contributed by atoms with Gasteiger partial charge < -0.3 is 9.64 Å². The molecule has 0 spiro atoms. The Bertz CT molecular complexity index is 699. The Morgan fingerprint density at radius 1 is 1.08 bits per heavy atom. The van der Waals surface area contributed by atoms with Crippen molar-refractivity contribution < 1.29 is 14.3 Å². The average molecular weight is 323 g/mol. The van der Waals surface area contributed by atoms with Crippen LogP contribution in [0.2, 0.25) is 0 Å². The number of ether oxygens (including phenoxy) is 1. The van der Waals surface area contributed by atoms with E-state index < -0.39 is 0 Å². The van der Waals surface area contributed by atoms with Crippen molar-refractivity contribution in [2.75, 3.05) is 6.54 Å². The standard InChI is InChI=1S/C20H21NO3/c1-2-21-18(22)13-16(20(21)15-9-5-3-6-10-15)14-19(23)24-17-11-7-4-8-12-17/h3-12,16,20H,2,13-14H2,1H3. The van der Waals surface area contributed by atoms with Gasteiger partial charge in [-0.2, -0.15) is 0 Å². The van der Waals surface area contributed by atoms with E-state index in [4.69, 9.17) is 4.74 Å². The number of nitrogens with zero attached hydrogens (tertiary/aromatic N) is 1. The maximum Gasteiger partial charge on any atom is 0.311 e. The predicted molar refractivity (Wildman–Crippen MR) is 91.4 cm³/mol. The number of benzene rings is 2. The molecule has 2 aromatic carbocycles. The Hall–Kier alpha value is -2.62. The van der Waals surface area contributed by atoms with Crippen LogP contribution in [-0.2, 0) is 9.59 Å². The van der Waals surface area contributed by atoms with E-state index >= 15 is 0 Å². The van der Waals surface area contributed by atoms with Crippen LogP contribution in [-0.4, -0.2) is 23.3 Å². The van der Waals surface area contributed by atoms with Crippen molar-refractivity contribution in [2.45, 2.75) is 25.8 Å². The molecular formula is C20H21NO3. The number of amides is 1. The summed E-state index contributed by atoms with van der Waals surface area (Å²) in [5.74, 6) is 0.285. The van der Waals surface area contributed by atoms with Gasteiger partial charge in [0.15, 0.2) is 0 Å². The third kappa shape index (κ3) is 3.48. The number of rotatable bonds is 5. The summed E-state index contributed by atoms with van der Waals surface area (Å²) in [6.07, 6.45) is 0.619. The fraction of sp³-hybridized carbons (Fsp3) is 0.300. The molecule has 0 radical (unpaired) electrons. The Labute approximate surface area is 142 Å². The molecule has 24 heavy (non-hydrogen) atoms. The zero-order valence-electron chi connectivity index (χ0n) is 13.7. The molecule has 4 nitrogen and oxygen atoms in total. The van der Waals surface area contributed by atoms with Gasteiger partial charge in [0.05, 0.1) is 12.5 Å². The molecule has 1 amide bonds. The second kappa shape index (κ2) is 7.30. The van der Waals surface area contributed by atoms with Crippen LogP contribution in [0.25, 0.3) is 0 Å². The number of carbonyl (C=O) groups is 2. The summed E-state index contributed by atoms with van der Waals surface area (Å²) in [6, 6.07) is 18.9. The molecule has 3 rings (SSSR count). The molecule has 0 saturated carbocycles. The van der Waals surface area contributed by atoms with E-state index in [0.717, 1.165) is 5.56 Å². The van der Waals surface area contributed by atoms with E-state index in [9.17, 15) is 9.59 Å². The molecule has 124 valence electrons. The maximum absolute atomic E-state index is 12.3. The van der Waals surface area contributed by atoms with Crippen LogP contribution >= 0.6 is 0 Å². The molecule has 1 aliphatic heterocycles. The predicted octanol–water partition coefficient (Wildman–Crippen LogP) is 3.59. The van der Waals surface area contributed by atoms with Crippen LogP contribution in [0.4, 0.5) is 0 Å². The van der Waals surface area contributed by atoms with Gasteiger partial charge in [0.2, 0.25) is 5.91 Å². The molecule has 0 N–H and O–H groups in total. The highest BCUT2D eigenvalue weighted by Gasteiger charge is 2.40. The Morgan fingerprint density at radius 3 is 2.33 bits per heavy atom. The molecule has 2 aromatic rings. The summed E-state index contributed by atoms with van der Waals surface area (Å²) in [4.78, 5) is 26.5. The Morgan fingerprint density at radius 2 is 1.71 bits per heavy atom. The van der Waals surface area contributed by atoms with Gasteiger partial charge in [-0.15, -0.1) is 0 Å². The highest BCUT2D eigenvalue weighted by Crippen LogP contribution is 2.39. The molecule has 2 unspecified atom stereocenters. The second-order valence-corrected chi connectivity index (χ2v) is 5.99. The van der Waals surface area contributed by atoms with E-state index in [1.165, 1.54) is 0 Å². The number of para-hydroxylation sites is 1. The third-order valence-electron chi connectivity index (χ3n) is 4.42. The first-order valence-corrected chi connectivity index (χ1v) is 8.29. The summed E-state index contributed by atoms with van der Waals surface area (Å²) in [7, 11) is 0. The van der Waals surface area contributed by atoms with Gasteiger partial charge in [-0.25, -0.2) is 0 Å². The second-order valence-electron chi connectivity index (χ2n) is 5.99. The lowest BCUT2D eigenvalue weighted by Crippen LogP contribution is -2.29. The highest BCUT2D eigenvalue weighted by atomic mass is 16.5. The third-order valence-corrected chi connectivity index (χ3v) is 4.42. The maximum atomic E-state index is 12.3. The zero-order chi connectivity index (χ0) is 16.9. The number of hydrogen-bond acceptors (Lipinski definition) is 3. The van der Waals surface area contributed by atoms with Gasteiger partial charge >= 0.3 is 5.97 Å². The minimum atomic E-state index is -0.294. The van der Waals surface area contributed by atoms with E-state index in [-0.39, 0.29) is 30.3 Å². The SMILES string of the molecule is CCN1C(=O)CC(CC(=O)Oc2ccccc2)C1c1ccccc1. The van der Waals surface area contributed by atoms with Crippen molar-refractivity contribution in [1.29, 1.82) is 0 Å². The first-order valence-electron chi connectivity index (χ1n) is 8.29. The van der Waals surface area contributed by atoms with Crippen LogP contribution in [0.3, 0.4) is 0 Å². The van der Waals surface area contributed by atoms with Crippen molar-refractivity contribution in [3.63, 3.8) is 0 Å². The van der Waals surface area contributed by atoms with Crippen LogP contribution in [0.5, 0.6) is 5.75 Å². The lowest BCUT2D eigenvalue weighted by molar-refractivity contribution is -0.135. The topological polar surface area (TPSA) is 46.6 Å². The smallest absolute Gasteiger partial charge is 0.311 e. The highest BCUT2D eigenvalue weighted by molar-refractivity contribution is 5.81. The Kier molecular flexibility index (Phi) is 4.94. The van der Waals surface area contributed by atoms with Gasteiger partial charge in [0.25, 0.3) is 0 Å². The molecule has 1 fully saturated rings. The van der Waals surface area contributed by atoms with Crippen molar-refractivity contribution in [3.8, 4) is 5.75 Å². The largest absolute Gasteiger partial charge is 0.427 e. The van der Waals surface area contributed by atoms with Gasteiger partial charge in [-0.05, 0) is 24.6 Å². The van der Waals surface area contributed by atoms with Crippen LogP contribution < -0.4 is 4.74 Å². The minimum Gasteiger partial charge on any atom is -0.427 e. The molecule has 1 saturated heterocycles. The Balaban J connectivity index is 1.75. The molecule has 2 atom stereocenters. The first-order chi connectivity index (χ1) is 11.7. The van der Waals surface area contributed by atoms with Crippen molar-refractivity contribution in [3.05, 3.63) is 66.2 Å². The number of likely N-dealkylation sites (tertiary alicyclic amines) is 1. The molecule has 1 heterocycles. The molecule has 0 bridgehead atoms. The zero-order valence-corrected chi connectivity index (χ0v) is 13.7. The van der Waals surface area contributed by atoms with Gasteiger partial charge in [0, 0.05) is 18.9 Å². The summed E-state index contributed by atoms with van der Waals surface area (Å²) in [5.41, 5.74) is 1.07. The van der Waals surface area contributed by atoms with E-state index in [2.05, 4.69) is 0 Å². The average Bonchev–Trinajstić information content (AvgIpc) is 2.91. The van der Waals surface area contributed by atoms with Gasteiger partial charge in [-0.3, -0.25) is 9.59 Å². The quantitative estimate of drug-likeness (QED) is 0.624. The van der Waals surface area contributed by atoms with Gasteiger partial charge in [0.1, 0.15) is 5.75 Å². The van der Waals surface area contributed by atoms with E-state index in [0.29, 0.717) is 18.7 Å². The minimum absolute atomic E-state index is 0.0592. The molecule has 0 aliphatic carbocycles. The molecule has 1 aliphatic rings. The summed E-state index contributed by atoms with van der Waals surface area (Å²) < 4.78 is 5.40. The fourth-order valence-corrected chi connectivity index (χ4v) is 3.40. The normalized spacial score (nSPS) is 20.2. The summed E-state index contributed by atoms with van der Waals surface area (Å²) in [5, 5.41) is 0. The number of carbonyl (C=O) groups excluding carboxylic acids is 2.